The van der Waals surface area contributed by atoms with Gasteiger partial charge in [0.05, 0.1) is 5.38 Å². The number of benzene rings is 2. The molecule has 3 heteroatoms. The molecule has 0 heterocycles. The van der Waals surface area contributed by atoms with Crippen LogP contribution in [0.4, 0.5) is 4.39 Å². The lowest BCUT2D eigenvalue weighted by Gasteiger charge is -2.11. The van der Waals surface area contributed by atoms with Crippen LogP contribution in [-0.2, 0) is 6.42 Å². The largest absolute Gasteiger partial charge is 0.207 e. The van der Waals surface area contributed by atoms with E-state index in [1.54, 1.807) is 12.1 Å². The molecule has 0 nitrogen and oxygen atoms in total. The van der Waals surface area contributed by atoms with Gasteiger partial charge in [-0.25, -0.2) is 4.39 Å². The first kappa shape index (κ1) is 12.4. The molecule has 0 saturated heterocycles. The van der Waals surface area contributed by atoms with E-state index in [2.05, 4.69) is 0 Å². The standard InChI is InChI=1S/C14H11Cl2F/c15-13-4-2-1-3-11(13)9-14(16)10-5-7-12(17)8-6-10/h1-8,14H,9H2. The maximum atomic E-state index is 12.8. The maximum absolute atomic E-state index is 12.8. The molecule has 0 aliphatic heterocycles. The van der Waals surface area contributed by atoms with E-state index in [1.165, 1.54) is 12.1 Å². The molecule has 0 aromatic heterocycles. The fraction of sp³-hybridized carbons (Fsp3) is 0.143. The van der Waals surface area contributed by atoms with Crippen molar-refractivity contribution in [3.63, 3.8) is 0 Å². The molecule has 0 radical (unpaired) electrons. The van der Waals surface area contributed by atoms with Gasteiger partial charge in [0.25, 0.3) is 0 Å². The third-order valence-corrected chi connectivity index (χ3v) is 3.36. The zero-order valence-corrected chi connectivity index (χ0v) is 10.5. The number of alkyl halides is 1. The summed E-state index contributed by atoms with van der Waals surface area (Å²) in [5.74, 6) is -0.254. The molecule has 88 valence electrons. The molecule has 2 aromatic rings. The highest BCUT2D eigenvalue weighted by atomic mass is 35.5. The van der Waals surface area contributed by atoms with Crippen molar-refractivity contribution in [2.24, 2.45) is 0 Å². The molecule has 1 atom stereocenters. The van der Waals surface area contributed by atoms with Gasteiger partial charge in [-0.2, -0.15) is 0 Å². The van der Waals surface area contributed by atoms with Crippen LogP contribution in [0.3, 0.4) is 0 Å². The van der Waals surface area contributed by atoms with Crippen LogP contribution in [0.5, 0.6) is 0 Å². The van der Waals surface area contributed by atoms with Gasteiger partial charge in [0.15, 0.2) is 0 Å². The first-order chi connectivity index (χ1) is 8.16. The highest BCUT2D eigenvalue weighted by Crippen LogP contribution is 2.28. The Kier molecular flexibility index (Phi) is 4.03. The summed E-state index contributed by atoms with van der Waals surface area (Å²) in [5.41, 5.74) is 1.89. The smallest absolute Gasteiger partial charge is 0.123 e. The molecule has 0 spiro atoms. The zero-order valence-electron chi connectivity index (χ0n) is 9.04. The van der Waals surface area contributed by atoms with Crippen LogP contribution in [0.15, 0.2) is 48.5 Å². The van der Waals surface area contributed by atoms with Crippen LogP contribution >= 0.6 is 23.2 Å². The van der Waals surface area contributed by atoms with Gasteiger partial charge < -0.3 is 0 Å². The Balaban J connectivity index is 2.14. The molecule has 0 N–H and O–H groups in total. The van der Waals surface area contributed by atoms with E-state index in [0.29, 0.717) is 11.4 Å². The van der Waals surface area contributed by atoms with Crippen LogP contribution in [0, 0.1) is 5.82 Å². The van der Waals surface area contributed by atoms with Crippen molar-refractivity contribution >= 4 is 23.2 Å². The number of hydrogen-bond donors (Lipinski definition) is 0. The minimum absolute atomic E-state index is 0.199. The molecule has 0 saturated carbocycles. The van der Waals surface area contributed by atoms with E-state index in [1.807, 2.05) is 24.3 Å². The van der Waals surface area contributed by atoms with Crippen molar-refractivity contribution in [1.29, 1.82) is 0 Å². The average Bonchev–Trinajstić information content (AvgIpc) is 2.33. The van der Waals surface area contributed by atoms with Gasteiger partial charge >= 0.3 is 0 Å². The molecule has 0 aliphatic rings. The first-order valence-electron chi connectivity index (χ1n) is 5.30. The summed E-state index contributed by atoms with van der Waals surface area (Å²) in [5, 5.41) is 0.510. The van der Waals surface area contributed by atoms with Gasteiger partial charge in [-0.15, -0.1) is 11.6 Å². The fourth-order valence-corrected chi connectivity index (χ4v) is 2.17. The summed E-state index contributed by atoms with van der Waals surface area (Å²) in [7, 11) is 0. The Morgan fingerprint density at radius 1 is 1.00 bits per heavy atom. The number of halogens is 3. The first-order valence-corrected chi connectivity index (χ1v) is 6.11. The van der Waals surface area contributed by atoms with Crippen molar-refractivity contribution in [3.05, 3.63) is 70.5 Å². The molecule has 2 rings (SSSR count). The summed E-state index contributed by atoms with van der Waals surface area (Å²) in [6, 6.07) is 13.8. The van der Waals surface area contributed by atoms with Gasteiger partial charge in [0.2, 0.25) is 0 Å². The Morgan fingerprint density at radius 2 is 1.65 bits per heavy atom. The quantitative estimate of drug-likeness (QED) is 0.688. The van der Waals surface area contributed by atoms with E-state index >= 15 is 0 Å². The number of hydrogen-bond acceptors (Lipinski definition) is 0. The molecular weight excluding hydrogens is 258 g/mol. The second-order valence-corrected chi connectivity index (χ2v) is 4.75. The summed E-state index contributed by atoms with van der Waals surface area (Å²) in [4.78, 5) is 0. The highest BCUT2D eigenvalue weighted by Gasteiger charge is 2.10. The van der Waals surface area contributed by atoms with Gasteiger partial charge in [0, 0.05) is 5.02 Å². The van der Waals surface area contributed by atoms with Crippen LogP contribution < -0.4 is 0 Å². The van der Waals surface area contributed by atoms with Crippen molar-refractivity contribution in [2.45, 2.75) is 11.8 Å². The van der Waals surface area contributed by atoms with Gasteiger partial charge in [-0.05, 0) is 35.7 Å². The van der Waals surface area contributed by atoms with Gasteiger partial charge in [-0.1, -0.05) is 41.9 Å². The highest BCUT2D eigenvalue weighted by molar-refractivity contribution is 6.31. The lowest BCUT2D eigenvalue weighted by molar-refractivity contribution is 0.626. The lowest BCUT2D eigenvalue weighted by atomic mass is 10.0. The van der Waals surface area contributed by atoms with Crippen LogP contribution in [0.1, 0.15) is 16.5 Å². The van der Waals surface area contributed by atoms with Crippen molar-refractivity contribution in [2.75, 3.05) is 0 Å². The molecule has 2 aromatic carbocycles. The van der Waals surface area contributed by atoms with E-state index in [9.17, 15) is 4.39 Å². The van der Waals surface area contributed by atoms with Crippen molar-refractivity contribution < 1.29 is 4.39 Å². The topological polar surface area (TPSA) is 0 Å². The monoisotopic (exact) mass is 268 g/mol. The number of rotatable bonds is 3. The SMILES string of the molecule is Fc1ccc(C(Cl)Cc2ccccc2Cl)cc1. The predicted molar refractivity (Wildman–Crippen MR) is 70.2 cm³/mol. The predicted octanol–water partition coefficient (Wildman–Crippen LogP) is 5.00. The Bertz CT molecular complexity index is 494. The van der Waals surface area contributed by atoms with Gasteiger partial charge in [-0.3, -0.25) is 0 Å². The second-order valence-electron chi connectivity index (χ2n) is 3.81. The van der Waals surface area contributed by atoms with Crippen LogP contribution in [-0.4, -0.2) is 0 Å². The van der Waals surface area contributed by atoms with E-state index in [4.69, 9.17) is 23.2 Å². The van der Waals surface area contributed by atoms with E-state index in [-0.39, 0.29) is 11.2 Å². The normalized spacial score (nSPS) is 12.4. The lowest BCUT2D eigenvalue weighted by Crippen LogP contribution is -1.96. The molecular formula is C14H11Cl2F. The van der Waals surface area contributed by atoms with Crippen LogP contribution in [0.25, 0.3) is 0 Å². The Morgan fingerprint density at radius 3 is 2.29 bits per heavy atom. The van der Waals surface area contributed by atoms with E-state index < -0.39 is 0 Å². The Hall–Kier alpha value is -1.05. The molecule has 0 bridgehead atoms. The van der Waals surface area contributed by atoms with Crippen LogP contribution in [0.2, 0.25) is 5.02 Å². The van der Waals surface area contributed by atoms with Crippen molar-refractivity contribution in [1.82, 2.24) is 0 Å². The molecule has 0 amide bonds. The fourth-order valence-electron chi connectivity index (χ4n) is 1.65. The molecule has 1 unspecified atom stereocenters. The average molecular weight is 269 g/mol. The third-order valence-electron chi connectivity index (χ3n) is 2.59. The summed E-state index contributed by atoms with van der Waals surface area (Å²) in [6.45, 7) is 0. The second kappa shape index (κ2) is 5.52. The summed E-state index contributed by atoms with van der Waals surface area (Å²) < 4.78 is 12.8. The minimum atomic E-state index is -0.254. The van der Waals surface area contributed by atoms with Crippen molar-refractivity contribution in [3.8, 4) is 0 Å². The van der Waals surface area contributed by atoms with E-state index in [0.717, 1.165) is 11.1 Å². The third kappa shape index (κ3) is 3.21. The maximum Gasteiger partial charge on any atom is 0.123 e. The Labute approximate surface area is 110 Å². The molecule has 0 aliphatic carbocycles. The molecule has 17 heavy (non-hydrogen) atoms. The molecule has 0 fully saturated rings. The summed E-state index contributed by atoms with van der Waals surface area (Å²) >= 11 is 12.3. The summed E-state index contributed by atoms with van der Waals surface area (Å²) in [6.07, 6.45) is 0.632. The minimum Gasteiger partial charge on any atom is -0.207 e. The van der Waals surface area contributed by atoms with Gasteiger partial charge in [0.1, 0.15) is 5.82 Å². The zero-order chi connectivity index (χ0) is 12.3.